The number of hydrogen-bond acceptors (Lipinski definition) is 3. The molecule has 3 N–H and O–H groups in total. The minimum Gasteiger partial charge on any atom is -0.388 e. The van der Waals surface area contributed by atoms with Crippen LogP contribution in [-0.4, -0.2) is 40.6 Å². The Morgan fingerprint density at radius 1 is 1.53 bits per heavy atom. The van der Waals surface area contributed by atoms with Gasteiger partial charge in [0.05, 0.1) is 11.6 Å². The van der Waals surface area contributed by atoms with Crippen molar-refractivity contribution in [2.45, 2.75) is 45.3 Å². The van der Waals surface area contributed by atoms with E-state index in [0.29, 0.717) is 6.54 Å². The van der Waals surface area contributed by atoms with Gasteiger partial charge in [-0.2, -0.15) is 0 Å². The number of likely N-dealkylation sites (tertiary alicyclic amines) is 1. The van der Waals surface area contributed by atoms with E-state index in [-0.39, 0.29) is 11.8 Å². The molecule has 2 atom stereocenters. The molecule has 1 heterocycles. The van der Waals surface area contributed by atoms with E-state index >= 15 is 0 Å². The fourth-order valence-electron chi connectivity index (χ4n) is 1.90. The van der Waals surface area contributed by atoms with E-state index in [9.17, 15) is 9.90 Å². The predicted molar refractivity (Wildman–Crippen MR) is 59.3 cm³/mol. The zero-order chi connectivity index (χ0) is 11.6. The molecule has 0 aliphatic carbocycles. The van der Waals surface area contributed by atoms with Crippen molar-refractivity contribution in [1.29, 1.82) is 0 Å². The highest BCUT2D eigenvalue weighted by molar-refractivity contribution is 5.82. The van der Waals surface area contributed by atoms with Gasteiger partial charge in [-0.3, -0.25) is 4.79 Å². The van der Waals surface area contributed by atoms with E-state index in [1.165, 1.54) is 0 Å². The molecule has 0 aromatic rings. The number of nitrogens with zero attached hydrogens (tertiary/aromatic N) is 1. The summed E-state index contributed by atoms with van der Waals surface area (Å²) < 4.78 is 0. The molecule has 4 heteroatoms. The summed E-state index contributed by atoms with van der Waals surface area (Å²) in [5.41, 5.74) is 5.06. The zero-order valence-electron chi connectivity index (χ0n) is 9.86. The van der Waals surface area contributed by atoms with Gasteiger partial charge in [-0.15, -0.1) is 0 Å². The van der Waals surface area contributed by atoms with E-state index in [1.807, 2.05) is 13.8 Å². The van der Waals surface area contributed by atoms with Crippen LogP contribution in [0.15, 0.2) is 0 Å². The molecule has 4 nitrogen and oxygen atoms in total. The Labute approximate surface area is 91.4 Å². The minimum absolute atomic E-state index is 0.0371. The Kier molecular flexibility index (Phi) is 3.73. The standard InChI is InChI=1S/C11H22N2O2/c1-8(2)9(12)10(14)13-6-4-5-11(3,15)7-13/h8-9,15H,4-7,12H2,1-3H3. The molecule has 0 spiro atoms. The highest BCUT2D eigenvalue weighted by Gasteiger charge is 2.33. The van der Waals surface area contributed by atoms with Crippen LogP contribution in [0.3, 0.4) is 0 Å². The lowest BCUT2D eigenvalue weighted by molar-refractivity contribution is -0.139. The van der Waals surface area contributed by atoms with Gasteiger partial charge >= 0.3 is 0 Å². The summed E-state index contributed by atoms with van der Waals surface area (Å²) in [4.78, 5) is 13.6. The highest BCUT2D eigenvalue weighted by atomic mass is 16.3. The van der Waals surface area contributed by atoms with Crippen LogP contribution in [-0.2, 0) is 4.79 Å². The van der Waals surface area contributed by atoms with Crippen molar-refractivity contribution in [2.75, 3.05) is 13.1 Å². The van der Waals surface area contributed by atoms with Crippen LogP contribution in [0.4, 0.5) is 0 Å². The molecular weight excluding hydrogens is 192 g/mol. The summed E-state index contributed by atoms with van der Waals surface area (Å²) in [6, 6.07) is -0.445. The molecule has 0 radical (unpaired) electrons. The van der Waals surface area contributed by atoms with Crippen molar-refractivity contribution >= 4 is 5.91 Å². The number of nitrogens with two attached hydrogens (primary N) is 1. The Morgan fingerprint density at radius 2 is 2.13 bits per heavy atom. The van der Waals surface area contributed by atoms with Crippen molar-refractivity contribution in [1.82, 2.24) is 4.90 Å². The summed E-state index contributed by atoms with van der Waals surface area (Å²) in [5, 5.41) is 9.88. The number of β-amino-alcohol motifs (C(OH)–C–C–N with tert-alkyl or cyclic N) is 1. The Bertz CT molecular complexity index is 239. The summed E-state index contributed by atoms with van der Waals surface area (Å²) in [6.45, 7) is 6.77. The van der Waals surface area contributed by atoms with Crippen molar-refractivity contribution in [3.8, 4) is 0 Å². The Balaban J connectivity index is 2.60. The van der Waals surface area contributed by atoms with E-state index in [2.05, 4.69) is 0 Å². The Hall–Kier alpha value is -0.610. The van der Waals surface area contributed by atoms with Gasteiger partial charge in [-0.25, -0.2) is 0 Å². The molecule has 1 fully saturated rings. The third-order valence-electron chi connectivity index (χ3n) is 2.99. The molecule has 2 unspecified atom stereocenters. The van der Waals surface area contributed by atoms with Crippen molar-refractivity contribution in [3.63, 3.8) is 0 Å². The first-order chi connectivity index (χ1) is 6.83. The molecule has 1 aliphatic rings. The molecule has 0 aromatic heterocycles. The molecular formula is C11H22N2O2. The lowest BCUT2D eigenvalue weighted by Crippen LogP contribution is -2.54. The summed E-state index contributed by atoms with van der Waals surface area (Å²) >= 11 is 0. The zero-order valence-corrected chi connectivity index (χ0v) is 9.86. The smallest absolute Gasteiger partial charge is 0.239 e. The monoisotopic (exact) mass is 214 g/mol. The van der Waals surface area contributed by atoms with Crippen LogP contribution >= 0.6 is 0 Å². The largest absolute Gasteiger partial charge is 0.388 e. The molecule has 15 heavy (non-hydrogen) atoms. The average Bonchev–Trinajstić information content (AvgIpc) is 2.13. The van der Waals surface area contributed by atoms with Crippen LogP contribution in [0.5, 0.6) is 0 Å². The van der Waals surface area contributed by atoms with Gasteiger partial charge < -0.3 is 15.7 Å². The van der Waals surface area contributed by atoms with Gasteiger partial charge in [0, 0.05) is 13.1 Å². The summed E-state index contributed by atoms with van der Waals surface area (Å²) in [5.74, 6) is 0.106. The third kappa shape index (κ3) is 3.18. The van der Waals surface area contributed by atoms with Crippen LogP contribution < -0.4 is 5.73 Å². The van der Waals surface area contributed by atoms with Crippen molar-refractivity contribution in [2.24, 2.45) is 11.7 Å². The van der Waals surface area contributed by atoms with Gasteiger partial charge in [-0.1, -0.05) is 13.8 Å². The van der Waals surface area contributed by atoms with Crippen LogP contribution in [0.2, 0.25) is 0 Å². The maximum absolute atomic E-state index is 11.9. The number of carbonyl (C=O) groups excluding carboxylic acids is 1. The number of amides is 1. The fourth-order valence-corrected chi connectivity index (χ4v) is 1.90. The maximum Gasteiger partial charge on any atom is 0.239 e. The number of aliphatic hydroxyl groups is 1. The molecule has 0 saturated carbocycles. The van der Waals surface area contributed by atoms with Crippen LogP contribution in [0.1, 0.15) is 33.6 Å². The average molecular weight is 214 g/mol. The third-order valence-corrected chi connectivity index (χ3v) is 2.99. The molecule has 0 bridgehead atoms. The predicted octanol–water partition coefficient (Wildman–Crippen LogP) is 0.343. The lowest BCUT2D eigenvalue weighted by Gasteiger charge is -2.38. The van der Waals surface area contributed by atoms with Gasteiger partial charge in [-0.05, 0) is 25.7 Å². The maximum atomic E-state index is 11.9. The van der Waals surface area contributed by atoms with Gasteiger partial charge in [0.2, 0.25) is 5.91 Å². The van der Waals surface area contributed by atoms with Crippen LogP contribution in [0.25, 0.3) is 0 Å². The second kappa shape index (κ2) is 4.49. The van der Waals surface area contributed by atoms with E-state index in [4.69, 9.17) is 5.73 Å². The number of hydrogen-bond donors (Lipinski definition) is 2. The van der Waals surface area contributed by atoms with Gasteiger partial charge in [0.15, 0.2) is 0 Å². The van der Waals surface area contributed by atoms with Crippen molar-refractivity contribution < 1.29 is 9.90 Å². The normalized spacial score (nSPS) is 29.3. The fraction of sp³-hybridized carbons (Fsp3) is 0.909. The molecule has 0 aromatic carbocycles. The minimum atomic E-state index is -0.745. The summed E-state index contributed by atoms with van der Waals surface area (Å²) in [6.07, 6.45) is 1.61. The molecule has 88 valence electrons. The lowest BCUT2D eigenvalue weighted by atomic mass is 9.93. The topological polar surface area (TPSA) is 66.6 Å². The second-order valence-electron chi connectivity index (χ2n) is 5.13. The van der Waals surface area contributed by atoms with E-state index in [0.717, 1.165) is 19.4 Å². The first-order valence-corrected chi connectivity index (χ1v) is 5.60. The first-order valence-electron chi connectivity index (χ1n) is 5.60. The summed E-state index contributed by atoms with van der Waals surface area (Å²) in [7, 11) is 0. The second-order valence-corrected chi connectivity index (χ2v) is 5.13. The molecule has 1 rings (SSSR count). The Morgan fingerprint density at radius 3 is 2.60 bits per heavy atom. The number of carbonyl (C=O) groups is 1. The first kappa shape index (κ1) is 12.5. The van der Waals surface area contributed by atoms with Crippen LogP contribution in [0, 0.1) is 5.92 Å². The molecule has 1 aliphatic heterocycles. The quantitative estimate of drug-likeness (QED) is 0.696. The van der Waals surface area contributed by atoms with E-state index in [1.54, 1.807) is 11.8 Å². The molecule has 1 saturated heterocycles. The van der Waals surface area contributed by atoms with E-state index < -0.39 is 11.6 Å². The van der Waals surface area contributed by atoms with Gasteiger partial charge in [0.25, 0.3) is 0 Å². The number of piperidine rings is 1. The van der Waals surface area contributed by atoms with Crippen molar-refractivity contribution in [3.05, 3.63) is 0 Å². The molecule has 1 amide bonds. The number of rotatable bonds is 2. The highest BCUT2D eigenvalue weighted by Crippen LogP contribution is 2.21. The van der Waals surface area contributed by atoms with Gasteiger partial charge in [0.1, 0.15) is 0 Å². The SMILES string of the molecule is CC(C)C(N)C(=O)N1CCCC(C)(O)C1.